The number of hydrogen-bond donors (Lipinski definition) is 2. The fourth-order valence-electron chi connectivity index (χ4n) is 2.23. The first kappa shape index (κ1) is 23.5. The van der Waals surface area contributed by atoms with Crippen molar-refractivity contribution in [2.75, 3.05) is 45.2 Å². The molecule has 0 heterocycles. The molecule has 0 amide bonds. The van der Waals surface area contributed by atoms with E-state index in [4.69, 9.17) is 0 Å². The van der Waals surface area contributed by atoms with E-state index < -0.39 is 0 Å². The minimum Gasteiger partial charge on any atom is -0.357 e. The summed E-state index contributed by atoms with van der Waals surface area (Å²) in [5, 5.41) is 6.73. The first-order chi connectivity index (χ1) is 11.3. The highest BCUT2D eigenvalue weighted by atomic mass is 127. The Morgan fingerprint density at radius 1 is 1.17 bits per heavy atom. The molecule has 6 heteroatoms. The molecule has 24 heavy (non-hydrogen) atoms. The van der Waals surface area contributed by atoms with Gasteiger partial charge in [-0.15, -0.1) is 24.0 Å². The molecule has 0 atom stereocenters. The van der Waals surface area contributed by atoms with Gasteiger partial charge in [0.1, 0.15) is 0 Å². The zero-order valence-corrected chi connectivity index (χ0v) is 18.4. The highest BCUT2D eigenvalue weighted by molar-refractivity contribution is 14.0. The normalized spacial score (nSPS) is 11.2. The summed E-state index contributed by atoms with van der Waals surface area (Å²) in [5.74, 6) is 2.16. The number of benzene rings is 1. The molecule has 0 radical (unpaired) electrons. The fourth-order valence-corrected chi connectivity index (χ4v) is 2.72. The van der Waals surface area contributed by atoms with E-state index in [1.54, 1.807) is 0 Å². The van der Waals surface area contributed by atoms with Crippen molar-refractivity contribution < 1.29 is 0 Å². The van der Waals surface area contributed by atoms with Crippen LogP contribution in [-0.2, 0) is 6.54 Å². The SMILES string of the molecule is CCNC(=NCCCCSC)NCCN(C)Cc1ccccc1.I. The molecule has 138 valence electrons. The molecule has 0 aromatic heterocycles. The van der Waals surface area contributed by atoms with Gasteiger partial charge in [0.25, 0.3) is 0 Å². The second-order valence-electron chi connectivity index (χ2n) is 5.61. The number of unbranched alkanes of at least 4 members (excludes halogenated alkanes) is 1. The van der Waals surface area contributed by atoms with Gasteiger partial charge in [0.2, 0.25) is 0 Å². The number of nitrogens with zero attached hydrogens (tertiary/aromatic N) is 2. The van der Waals surface area contributed by atoms with Crippen molar-refractivity contribution in [3.05, 3.63) is 35.9 Å². The van der Waals surface area contributed by atoms with E-state index in [-0.39, 0.29) is 24.0 Å². The molecule has 1 aromatic carbocycles. The summed E-state index contributed by atoms with van der Waals surface area (Å²) in [6.07, 6.45) is 4.55. The van der Waals surface area contributed by atoms with E-state index in [1.807, 2.05) is 11.8 Å². The molecule has 0 bridgehead atoms. The predicted octanol–water partition coefficient (Wildman–Crippen LogP) is 3.43. The minimum absolute atomic E-state index is 0. The largest absolute Gasteiger partial charge is 0.357 e. The quantitative estimate of drug-likeness (QED) is 0.228. The summed E-state index contributed by atoms with van der Waals surface area (Å²) in [6.45, 7) is 6.77. The summed E-state index contributed by atoms with van der Waals surface area (Å²) in [6, 6.07) is 10.6. The Kier molecular flexibility index (Phi) is 15.7. The molecule has 1 rings (SSSR count). The maximum Gasteiger partial charge on any atom is 0.191 e. The van der Waals surface area contributed by atoms with Crippen LogP contribution in [0, 0.1) is 0 Å². The number of rotatable bonds is 11. The van der Waals surface area contributed by atoms with Gasteiger partial charge >= 0.3 is 0 Å². The van der Waals surface area contributed by atoms with E-state index in [0.717, 1.165) is 45.1 Å². The van der Waals surface area contributed by atoms with Gasteiger partial charge in [-0.3, -0.25) is 4.99 Å². The van der Waals surface area contributed by atoms with Crippen LogP contribution >= 0.6 is 35.7 Å². The third-order valence-electron chi connectivity index (χ3n) is 3.45. The number of thioether (sulfide) groups is 1. The molecule has 0 aliphatic heterocycles. The Bertz CT molecular complexity index is 428. The number of nitrogens with one attached hydrogen (secondary N) is 2. The molecule has 0 spiro atoms. The number of hydrogen-bond acceptors (Lipinski definition) is 3. The summed E-state index contributed by atoms with van der Waals surface area (Å²) >= 11 is 1.90. The Morgan fingerprint density at radius 2 is 1.92 bits per heavy atom. The second kappa shape index (κ2) is 16.0. The summed E-state index contributed by atoms with van der Waals surface area (Å²) in [7, 11) is 2.15. The Morgan fingerprint density at radius 3 is 2.58 bits per heavy atom. The molecule has 4 nitrogen and oxygen atoms in total. The number of aliphatic imine (C=N–C) groups is 1. The molecule has 0 aliphatic carbocycles. The Labute approximate surface area is 169 Å². The first-order valence-corrected chi connectivity index (χ1v) is 9.89. The van der Waals surface area contributed by atoms with Crippen LogP contribution in [0.4, 0.5) is 0 Å². The van der Waals surface area contributed by atoms with Gasteiger partial charge in [-0.2, -0.15) is 11.8 Å². The lowest BCUT2D eigenvalue weighted by Crippen LogP contribution is -2.41. The maximum absolute atomic E-state index is 4.63. The zero-order valence-electron chi connectivity index (χ0n) is 15.3. The monoisotopic (exact) mass is 464 g/mol. The molecule has 2 N–H and O–H groups in total. The van der Waals surface area contributed by atoms with Gasteiger partial charge in [-0.25, -0.2) is 0 Å². The van der Waals surface area contributed by atoms with Crippen molar-refractivity contribution in [2.24, 2.45) is 4.99 Å². The summed E-state index contributed by atoms with van der Waals surface area (Å²) in [5.41, 5.74) is 1.35. The molecule has 0 unspecified atom stereocenters. The number of halogens is 1. The lowest BCUT2D eigenvalue weighted by Gasteiger charge is -2.18. The van der Waals surface area contributed by atoms with Crippen LogP contribution < -0.4 is 10.6 Å². The van der Waals surface area contributed by atoms with Crippen LogP contribution in [0.3, 0.4) is 0 Å². The lowest BCUT2D eigenvalue weighted by molar-refractivity contribution is 0.331. The van der Waals surface area contributed by atoms with Gasteiger partial charge in [-0.05, 0) is 44.4 Å². The van der Waals surface area contributed by atoms with Gasteiger partial charge in [0.05, 0.1) is 0 Å². The highest BCUT2D eigenvalue weighted by Crippen LogP contribution is 2.01. The third kappa shape index (κ3) is 12.0. The van der Waals surface area contributed by atoms with Crippen LogP contribution in [0.15, 0.2) is 35.3 Å². The lowest BCUT2D eigenvalue weighted by atomic mass is 10.2. The molecule has 0 fully saturated rings. The van der Waals surface area contributed by atoms with Crippen molar-refractivity contribution in [1.29, 1.82) is 0 Å². The molecule has 0 saturated carbocycles. The third-order valence-corrected chi connectivity index (χ3v) is 4.15. The smallest absolute Gasteiger partial charge is 0.191 e. The van der Waals surface area contributed by atoms with Crippen molar-refractivity contribution in [2.45, 2.75) is 26.3 Å². The van der Waals surface area contributed by atoms with E-state index in [2.05, 4.69) is 71.1 Å². The van der Waals surface area contributed by atoms with Crippen LogP contribution in [0.2, 0.25) is 0 Å². The average molecular weight is 464 g/mol. The van der Waals surface area contributed by atoms with Crippen LogP contribution in [0.5, 0.6) is 0 Å². The van der Waals surface area contributed by atoms with Crippen molar-refractivity contribution >= 4 is 41.7 Å². The first-order valence-electron chi connectivity index (χ1n) is 8.49. The molecule has 0 saturated heterocycles. The fraction of sp³-hybridized carbons (Fsp3) is 0.611. The van der Waals surface area contributed by atoms with Gasteiger partial charge in [-0.1, -0.05) is 30.3 Å². The topological polar surface area (TPSA) is 39.7 Å². The summed E-state index contributed by atoms with van der Waals surface area (Å²) in [4.78, 5) is 6.96. The van der Waals surface area contributed by atoms with Crippen LogP contribution in [-0.4, -0.2) is 56.1 Å². The molecular weight excluding hydrogens is 431 g/mol. The Balaban J connectivity index is 0.00000529. The standard InChI is InChI=1S/C18H32N4S.HI/c1-4-19-18(20-12-8-9-15-23-3)21-13-14-22(2)16-17-10-6-5-7-11-17;/h5-7,10-11H,4,8-9,12-16H2,1-3H3,(H2,19,20,21);1H. The van der Waals surface area contributed by atoms with Crippen molar-refractivity contribution in [3.63, 3.8) is 0 Å². The molecule has 0 aliphatic rings. The zero-order chi connectivity index (χ0) is 16.8. The summed E-state index contributed by atoms with van der Waals surface area (Å²) < 4.78 is 0. The highest BCUT2D eigenvalue weighted by Gasteiger charge is 2.01. The van der Waals surface area contributed by atoms with E-state index in [9.17, 15) is 0 Å². The van der Waals surface area contributed by atoms with E-state index in [0.29, 0.717) is 0 Å². The Hall–Kier alpha value is -0.470. The van der Waals surface area contributed by atoms with E-state index >= 15 is 0 Å². The number of likely N-dealkylation sites (N-methyl/N-ethyl adjacent to an activating group) is 1. The van der Waals surface area contributed by atoms with Gasteiger partial charge in [0, 0.05) is 32.7 Å². The average Bonchev–Trinajstić information content (AvgIpc) is 2.55. The predicted molar refractivity (Wildman–Crippen MR) is 120 cm³/mol. The van der Waals surface area contributed by atoms with E-state index in [1.165, 1.54) is 17.7 Å². The molecular formula is C18H33IN4S. The van der Waals surface area contributed by atoms with Gasteiger partial charge < -0.3 is 15.5 Å². The van der Waals surface area contributed by atoms with Crippen LogP contribution in [0.25, 0.3) is 0 Å². The maximum atomic E-state index is 4.63. The van der Waals surface area contributed by atoms with Crippen molar-refractivity contribution in [1.82, 2.24) is 15.5 Å². The van der Waals surface area contributed by atoms with Crippen LogP contribution in [0.1, 0.15) is 25.3 Å². The molecule has 1 aromatic rings. The van der Waals surface area contributed by atoms with Crippen molar-refractivity contribution in [3.8, 4) is 0 Å². The van der Waals surface area contributed by atoms with Gasteiger partial charge in [0.15, 0.2) is 5.96 Å². The number of guanidine groups is 1. The minimum atomic E-state index is 0. The second-order valence-corrected chi connectivity index (χ2v) is 6.60.